The number of hydrogen-bond acceptors (Lipinski definition) is 3. The number of halogens is 3. The minimum Gasteiger partial charge on any atom is -0.484 e. The molecule has 1 N–H and O–H groups in total. The van der Waals surface area contributed by atoms with E-state index in [1.54, 1.807) is 12.1 Å². The minimum atomic E-state index is -4.40. The van der Waals surface area contributed by atoms with Crippen molar-refractivity contribution < 1.29 is 27.5 Å². The van der Waals surface area contributed by atoms with Crippen LogP contribution in [0.3, 0.4) is 0 Å². The van der Waals surface area contributed by atoms with Crippen LogP contribution in [0.5, 0.6) is 5.75 Å². The molecule has 148 valence electrons. The summed E-state index contributed by atoms with van der Waals surface area (Å²) < 4.78 is 41.4. The Morgan fingerprint density at radius 3 is 2.70 bits per heavy atom. The summed E-state index contributed by atoms with van der Waals surface area (Å²) in [4.78, 5) is 26.4. The smallest absolute Gasteiger partial charge is 0.422 e. The van der Waals surface area contributed by atoms with Crippen molar-refractivity contribution in [1.29, 1.82) is 0 Å². The van der Waals surface area contributed by atoms with Crippen LogP contribution in [-0.2, 0) is 16.1 Å². The molecule has 0 radical (unpaired) electrons. The van der Waals surface area contributed by atoms with Gasteiger partial charge in [-0.2, -0.15) is 13.2 Å². The van der Waals surface area contributed by atoms with Crippen molar-refractivity contribution in [3.8, 4) is 5.75 Å². The molecule has 8 heteroatoms. The van der Waals surface area contributed by atoms with E-state index in [1.165, 1.54) is 12.1 Å². The van der Waals surface area contributed by atoms with E-state index in [0.717, 1.165) is 25.7 Å². The summed E-state index contributed by atoms with van der Waals surface area (Å²) >= 11 is 0. The number of hydrogen-bond donors (Lipinski definition) is 1. The molecule has 1 aliphatic heterocycles. The lowest BCUT2D eigenvalue weighted by atomic mass is 10.1. The first kappa shape index (κ1) is 19.5. The van der Waals surface area contributed by atoms with Gasteiger partial charge in [-0.3, -0.25) is 9.59 Å². The fourth-order valence-electron chi connectivity index (χ4n) is 3.72. The first-order valence-corrected chi connectivity index (χ1v) is 9.17. The molecule has 1 aromatic carbocycles. The Bertz CT molecular complexity index is 687. The van der Waals surface area contributed by atoms with Gasteiger partial charge >= 0.3 is 6.18 Å². The van der Waals surface area contributed by atoms with Crippen LogP contribution in [0, 0.1) is 5.92 Å². The van der Waals surface area contributed by atoms with E-state index in [0.29, 0.717) is 12.1 Å². The van der Waals surface area contributed by atoms with Crippen molar-refractivity contribution >= 4 is 11.8 Å². The second-order valence-corrected chi connectivity index (χ2v) is 7.15. The summed E-state index contributed by atoms with van der Waals surface area (Å²) in [6.07, 6.45) is 0.0766. The maximum atomic E-state index is 12.4. The number of carbonyl (C=O) groups is 2. The van der Waals surface area contributed by atoms with Gasteiger partial charge in [-0.15, -0.1) is 0 Å². The van der Waals surface area contributed by atoms with Crippen molar-refractivity contribution in [3.05, 3.63) is 29.8 Å². The lowest BCUT2D eigenvalue weighted by Gasteiger charge is -2.23. The van der Waals surface area contributed by atoms with Crippen LogP contribution in [0.2, 0.25) is 0 Å². The number of ether oxygens (including phenoxy) is 1. The number of benzene rings is 1. The first-order chi connectivity index (χ1) is 12.8. The lowest BCUT2D eigenvalue weighted by molar-refractivity contribution is -0.153. The fourth-order valence-corrected chi connectivity index (χ4v) is 3.72. The van der Waals surface area contributed by atoms with Gasteiger partial charge in [0.25, 0.3) is 0 Å². The first-order valence-electron chi connectivity index (χ1n) is 9.17. The zero-order chi connectivity index (χ0) is 19.4. The highest BCUT2D eigenvalue weighted by molar-refractivity contribution is 5.89. The van der Waals surface area contributed by atoms with Gasteiger partial charge in [-0.1, -0.05) is 25.0 Å². The summed E-state index contributed by atoms with van der Waals surface area (Å²) in [5.41, 5.74) is 0.639. The number of carbonyl (C=O) groups excluding carboxylic acids is 2. The molecule has 2 aliphatic rings. The molecule has 5 nitrogen and oxygen atoms in total. The maximum Gasteiger partial charge on any atom is 0.422 e. The molecule has 0 spiro atoms. The molecule has 1 unspecified atom stereocenters. The summed E-state index contributed by atoms with van der Waals surface area (Å²) in [6, 6.07) is 6.44. The molecule has 27 heavy (non-hydrogen) atoms. The Morgan fingerprint density at radius 1 is 1.26 bits per heavy atom. The monoisotopic (exact) mass is 384 g/mol. The van der Waals surface area contributed by atoms with Gasteiger partial charge in [0.05, 0.1) is 5.92 Å². The van der Waals surface area contributed by atoms with Crippen molar-refractivity contribution in [2.45, 2.75) is 50.9 Å². The third-order valence-corrected chi connectivity index (χ3v) is 5.06. The third kappa shape index (κ3) is 5.37. The Balaban J connectivity index is 1.50. The van der Waals surface area contributed by atoms with Crippen molar-refractivity contribution in [3.63, 3.8) is 0 Å². The standard InChI is InChI=1S/C19H23F3N2O3/c20-19(21,22)12-27-16-7-3-4-13(8-16)10-23-18(26)14-9-17(25)24(11-14)15-5-1-2-6-15/h3-4,7-8,14-15H,1-2,5-6,9-12H2,(H,23,26). The Morgan fingerprint density at radius 2 is 2.00 bits per heavy atom. The highest BCUT2D eigenvalue weighted by Crippen LogP contribution is 2.29. The zero-order valence-electron chi connectivity index (χ0n) is 14.9. The predicted octanol–water partition coefficient (Wildman–Crippen LogP) is 3.04. The van der Waals surface area contributed by atoms with E-state index >= 15 is 0 Å². The van der Waals surface area contributed by atoms with Crippen LogP contribution in [0.1, 0.15) is 37.7 Å². The van der Waals surface area contributed by atoms with E-state index < -0.39 is 12.8 Å². The number of amides is 2. The van der Waals surface area contributed by atoms with Gasteiger partial charge in [-0.25, -0.2) is 0 Å². The summed E-state index contributed by atoms with van der Waals surface area (Å²) in [6.45, 7) is -0.732. The van der Waals surface area contributed by atoms with Crippen LogP contribution in [0.25, 0.3) is 0 Å². The van der Waals surface area contributed by atoms with Crippen LogP contribution >= 0.6 is 0 Å². The number of rotatable bonds is 6. The summed E-state index contributed by atoms with van der Waals surface area (Å²) in [7, 11) is 0. The lowest BCUT2D eigenvalue weighted by Crippen LogP contribution is -2.36. The Labute approximate surface area is 155 Å². The predicted molar refractivity (Wildman–Crippen MR) is 91.9 cm³/mol. The summed E-state index contributed by atoms with van der Waals surface area (Å²) in [5, 5.41) is 2.78. The van der Waals surface area contributed by atoms with E-state index in [9.17, 15) is 22.8 Å². The minimum absolute atomic E-state index is 0.0320. The third-order valence-electron chi connectivity index (χ3n) is 5.06. The average molecular weight is 384 g/mol. The van der Waals surface area contributed by atoms with E-state index in [-0.39, 0.29) is 42.5 Å². The quantitative estimate of drug-likeness (QED) is 0.820. The van der Waals surface area contributed by atoms with Gasteiger partial charge in [0.15, 0.2) is 6.61 Å². The van der Waals surface area contributed by atoms with Crippen LogP contribution in [0.15, 0.2) is 24.3 Å². The van der Waals surface area contributed by atoms with Crippen LogP contribution in [-0.4, -0.2) is 42.1 Å². The van der Waals surface area contributed by atoms with Gasteiger partial charge in [0.1, 0.15) is 5.75 Å². The van der Waals surface area contributed by atoms with Gasteiger partial charge in [-0.05, 0) is 30.5 Å². The Kier molecular flexibility index (Phi) is 5.92. The Hall–Kier alpha value is -2.25. The van der Waals surface area contributed by atoms with Crippen LogP contribution in [0.4, 0.5) is 13.2 Å². The molecule has 1 saturated carbocycles. The SMILES string of the molecule is O=C(NCc1cccc(OCC(F)(F)F)c1)C1CC(=O)N(C2CCCC2)C1. The number of alkyl halides is 3. The maximum absolute atomic E-state index is 12.4. The topological polar surface area (TPSA) is 58.6 Å². The second-order valence-electron chi connectivity index (χ2n) is 7.15. The van der Waals surface area contributed by atoms with Gasteiger partial charge in [0.2, 0.25) is 11.8 Å². The fraction of sp³-hybridized carbons (Fsp3) is 0.579. The second kappa shape index (κ2) is 8.19. The average Bonchev–Trinajstić information content (AvgIpc) is 3.27. The largest absolute Gasteiger partial charge is 0.484 e. The molecular formula is C19H23F3N2O3. The molecule has 1 heterocycles. The number of likely N-dealkylation sites (tertiary alicyclic amines) is 1. The molecule has 1 atom stereocenters. The molecule has 1 saturated heterocycles. The highest BCUT2D eigenvalue weighted by Gasteiger charge is 2.38. The van der Waals surface area contributed by atoms with E-state index in [2.05, 4.69) is 5.32 Å². The normalized spacial score (nSPS) is 20.9. The van der Waals surface area contributed by atoms with Gasteiger partial charge < -0.3 is 15.0 Å². The molecule has 0 bridgehead atoms. The molecule has 2 fully saturated rings. The number of nitrogens with one attached hydrogen (secondary N) is 1. The van der Waals surface area contributed by atoms with E-state index in [1.807, 2.05) is 4.90 Å². The molecule has 2 amide bonds. The van der Waals surface area contributed by atoms with Crippen LogP contribution < -0.4 is 10.1 Å². The summed E-state index contributed by atoms with van der Waals surface area (Å²) in [5.74, 6) is -0.444. The molecule has 3 rings (SSSR count). The molecular weight excluding hydrogens is 361 g/mol. The molecule has 1 aromatic rings. The van der Waals surface area contributed by atoms with Crippen molar-refractivity contribution in [1.82, 2.24) is 10.2 Å². The van der Waals surface area contributed by atoms with Crippen molar-refractivity contribution in [2.75, 3.05) is 13.2 Å². The van der Waals surface area contributed by atoms with Gasteiger partial charge in [0, 0.05) is 25.6 Å². The zero-order valence-corrected chi connectivity index (χ0v) is 14.9. The highest BCUT2D eigenvalue weighted by atomic mass is 19.4. The van der Waals surface area contributed by atoms with E-state index in [4.69, 9.17) is 4.74 Å². The molecule has 0 aromatic heterocycles. The van der Waals surface area contributed by atoms with Crippen molar-refractivity contribution in [2.24, 2.45) is 5.92 Å². The molecule has 1 aliphatic carbocycles. The number of nitrogens with zero attached hydrogens (tertiary/aromatic N) is 1.